The van der Waals surface area contributed by atoms with Gasteiger partial charge in [-0.15, -0.1) is 0 Å². The summed E-state index contributed by atoms with van der Waals surface area (Å²) in [4.78, 5) is 0. The molecular formula is C19H29NO. The number of aliphatic hydroxyl groups excluding tert-OH is 1. The lowest BCUT2D eigenvalue weighted by atomic mass is 9.59. The van der Waals surface area contributed by atoms with E-state index in [1.54, 1.807) is 0 Å². The van der Waals surface area contributed by atoms with Crippen LogP contribution in [0.3, 0.4) is 0 Å². The Hall–Kier alpha value is -0.860. The Labute approximate surface area is 128 Å². The second-order valence-corrected chi connectivity index (χ2v) is 7.94. The third-order valence-electron chi connectivity index (χ3n) is 5.94. The van der Waals surface area contributed by atoms with Crippen molar-refractivity contribution < 1.29 is 5.11 Å². The smallest absolute Gasteiger partial charge is 0.0662 e. The van der Waals surface area contributed by atoms with Crippen molar-refractivity contribution in [3.8, 4) is 0 Å². The molecular weight excluding hydrogens is 258 g/mol. The Balaban J connectivity index is 1.87. The van der Waals surface area contributed by atoms with Gasteiger partial charge in [-0.1, -0.05) is 38.5 Å². The van der Waals surface area contributed by atoms with E-state index in [2.05, 4.69) is 32.0 Å². The van der Waals surface area contributed by atoms with E-state index < -0.39 is 0 Å². The van der Waals surface area contributed by atoms with Crippen LogP contribution in [0.4, 0.5) is 0 Å². The van der Waals surface area contributed by atoms with Crippen LogP contribution in [-0.4, -0.2) is 17.8 Å². The van der Waals surface area contributed by atoms with E-state index in [4.69, 9.17) is 5.73 Å². The second-order valence-electron chi connectivity index (χ2n) is 7.94. The lowest BCUT2D eigenvalue weighted by molar-refractivity contribution is -0.0884. The highest BCUT2D eigenvalue weighted by Crippen LogP contribution is 2.47. The number of fused-ring (bicyclic) bond motifs is 1. The average molecular weight is 287 g/mol. The van der Waals surface area contributed by atoms with E-state index in [1.165, 1.54) is 42.4 Å². The minimum absolute atomic E-state index is 0.0195. The first kappa shape index (κ1) is 15.1. The highest BCUT2D eigenvalue weighted by atomic mass is 16.3. The number of hydrogen-bond acceptors (Lipinski definition) is 2. The van der Waals surface area contributed by atoms with E-state index in [9.17, 15) is 5.11 Å². The van der Waals surface area contributed by atoms with Gasteiger partial charge in [0.25, 0.3) is 0 Å². The zero-order chi connectivity index (χ0) is 15.1. The summed E-state index contributed by atoms with van der Waals surface area (Å²) >= 11 is 0. The molecule has 2 atom stereocenters. The van der Waals surface area contributed by atoms with Crippen LogP contribution in [0.1, 0.15) is 56.2 Å². The largest absolute Gasteiger partial charge is 0.392 e. The predicted octanol–water partition coefficient (Wildman–Crippen LogP) is 3.23. The number of benzene rings is 1. The van der Waals surface area contributed by atoms with Crippen molar-refractivity contribution in [1.82, 2.24) is 0 Å². The van der Waals surface area contributed by atoms with Gasteiger partial charge in [-0.05, 0) is 60.6 Å². The van der Waals surface area contributed by atoms with E-state index >= 15 is 0 Å². The first-order chi connectivity index (χ1) is 9.97. The molecule has 2 unspecified atom stereocenters. The standard InChI is InChI=1S/C19H29NO/c1-18(2)9-4-10-19(13-20,17(18)21)12-14-7-8-15-5-3-6-16(15)11-14/h7-8,11,17,21H,3-6,9-10,12-13,20H2,1-2H3. The molecule has 3 N–H and O–H groups in total. The van der Waals surface area contributed by atoms with Gasteiger partial charge in [-0.2, -0.15) is 0 Å². The third-order valence-corrected chi connectivity index (χ3v) is 5.94. The molecule has 2 nitrogen and oxygen atoms in total. The van der Waals surface area contributed by atoms with Crippen molar-refractivity contribution in [3.63, 3.8) is 0 Å². The molecule has 0 amide bonds. The minimum Gasteiger partial charge on any atom is -0.392 e. The lowest BCUT2D eigenvalue weighted by Gasteiger charge is -2.49. The van der Waals surface area contributed by atoms with Gasteiger partial charge in [-0.25, -0.2) is 0 Å². The van der Waals surface area contributed by atoms with Crippen molar-refractivity contribution in [2.45, 2.75) is 64.9 Å². The Morgan fingerprint density at radius 2 is 1.90 bits per heavy atom. The SMILES string of the molecule is CC1(C)CCCC(CN)(Cc2ccc3c(c2)CCC3)C1O. The van der Waals surface area contributed by atoms with E-state index in [0.29, 0.717) is 6.54 Å². The van der Waals surface area contributed by atoms with Gasteiger partial charge in [0, 0.05) is 12.0 Å². The topological polar surface area (TPSA) is 46.2 Å². The molecule has 1 aromatic rings. The summed E-state index contributed by atoms with van der Waals surface area (Å²) in [6, 6.07) is 6.92. The maximum atomic E-state index is 10.9. The number of aliphatic hydroxyl groups is 1. The normalized spacial score (nSPS) is 31.1. The molecule has 0 saturated heterocycles. The van der Waals surface area contributed by atoms with Crippen molar-refractivity contribution in [2.24, 2.45) is 16.6 Å². The maximum Gasteiger partial charge on any atom is 0.0662 e. The van der Waals surface area contributed by atoms with Gasteiger partial charge in [0.1, 0.15) is 0 Å². The molecule has 0 aliphatic heterocycles. The molecule has 1 fully saturated rings. The summed E-state index contributed by atoms with van der Waals surface area (Å²) in [5, 5.41) is 10.9. The number of aryl methyl sites for hydroxylation is 2. The predicted molar refractivity (Wildman–Crippen MR) is 87.3 cm³/mol. The fourth-order valence-electron chi connectivity index (χ4n) is 4.61. The molecule has 3 rings (SSSR count). The van der Waals surface area contributed by atoms with Crippen LogP contribution in [0.15, 0.2) is 18.2 Å². The maximum absolute atomic E-state index is 10.9. The highest BCUT2D eigenvalue weighted by molar-refractivity contribution is 5.36. The van der Waals surface area contributed by atoms with Gasteiger partial charge in [0.15, 0.2) is 0 Å². The molecule has 21 heavy (non-hydrogen) atoms. The van der Waals surface area contributed by atoms with Crippen LogP contribution in [-0.2, 0) is 19.3 Å². The molecule has 0 spiro atoms. The van der Waals surface area contributed by atoms with E-state index in [-0.39, 0.29) is 16.9 Å². The number of rotatable bonds is 3. The molecule has 0 bridgehead atoms. The van der Waals surface area contributed by atoms with Crippen molar-refractivity contribution in [3.05, 3.63) is 34.9 Å². The van der Waals surface area contributed by atoms with Crippen molar-refractivity contribution >= 4 is 0 Å². The van der Waals surface area contributed by atoms with Crippen molar-refractivity contribution in [2.75, 3.05) is 6.54 Å². The number of nitrogens with two attached hydrogens (primary N) is 1. The third kappa shape index (κ3) is 2.64. The van der Waals surface area contributed by atoms with Gasteiger partial charge in [-0.3, -0.25) is 0 Å². The molecule has 2 aliphatic rings. The summed E-state index contributed by atoms with van der Waals surface area (Å²) < 4.78 is 0. The Morgan fingerprint density at radius 1 is 1.14 bits per heavy atom. The molecule has 2 heteroatoms. The van der Waals surface area contributed by atoms with E-state index in [0.717, 1.165) is 19.3 Å². The Morgan fingerprint density at radius 3 is 2.67 bits per heavy atom. The van der Waals surface area contributed by atoms with Gasteiger partial charge < -0.3 is 10.8 Å². The van der Waals surface area contributed by atoms with E-state index in [1.807, 2.05) is 0 Å². The van der Waals surface area contributed by atoms with Crippen LogP contribution >= 0.6 is 0 Å². The molecule has 116 valence electrons. The van der Waals surface area contributed by atoms with Crippen LogP contribution in [0.25, 0.3) is 0 Å². The lowest BCUT2D eigenvalue weighted by Crippen LogP contribution is -2.53. The number of hydrogen-bond donors (Lipinski definition) is 2. The van der Waals surface area contributed by atoms with Crippen LogP contribution in [0.5, 0.6) is 0 Å². The molecule has 1 saturated carbocycles. The second kappa shape index (κ2) is 5.40. The monoisotopic (exact) mass is 287 g/mol. The quantitative estimate of drug-likeness (QED) is 0.896. The first-order valence-corrected chi connectivity index (χ1v) is 8.46. The van der Waals surface area contributed by atoms with Crippen LogP contribution < -0.4 is 5.73 Å². The molecule has 2 aliphatic carbocycles. The molecule has 1 aromatic carbocycles. The molecule has 0 aromatic heterocycles. The summed E-state index contributed by atoms with van der Waals surface area (Å²) in [5.74, 6) is 0. The zero-order valence-electron chi connectivity index (χ0n) is 13.5. The molecule has 0 radical (unpaired) electrons. The first-order valence-electron chi connectivity index (χ1n) is 8.46. The average Bonchev–Trinajstić information content (AvgIpc) is 2.91. The summed E-state index contributed by atoms with van der Waals surface area (Å²) in [6.45, 7) is 4.95. The van der Waals surface area contributed by atoms with Gasteiger partial charge in [0.2, 0.25) is 0 Å². The summed E-state index contributed by atoms with van der Waals surface area (Å²) in [7, 11) is 0. The molecule has 0 heterocycles. The fourth-order valence-corrected chi connectivity index (χ4v) is 4.61. The zero-order valence-corrected chi connectivity index (χ0v) is 13.5. The highest BCUT2D eigenvalue weighted by Gasteiger charge is 2.47. The Kier molecular flexibility index (Phi) is 3.87. The summed E-state index contributed by atoms with van der Waals surface area (Å²) in [6.07, 6.45) is 7.66. The Bertz CT molecular complexity index is 522. The fraction of sp³-hybridized carbons (Fsp3) is 0.684. The van der Waals surface area contributed by atoms with Crippen LogP contribution in [0, 0.1) is 10.8 Å². The van der Waals surface area contributed by atoms with Crippen LogP contribution in [0.2, 0.25) is 0 Å². The van der Waals surface area contributed by atoms with Crippen molar-refractivity contribution in [1.29, 1.82) is 0 Å². The van der Waals surface area contributed by atoms with Gasteiger partial charge in [0.05, 0.1) is 6.10 Å². The van der Waals surface area contributed by atoms with Gasteiger partial charge >= 0.3 is 0 Å². The summed E-state index contributed by atoms with van der Waals surface area (Å²) in [5.41, 5.74) is 10.4. The minimum atomic E-state index is -0.308.